The highest BCUT2D eigenvalue weighted by molar-refractivity contribution is 5.98. The lowest BCUT2D eigenvalue weighted by atomic mass is 9.84. The zero-order chi connectivity index (χ0) is 14.1. The van der Waals surface area contributed by atoms with E-state index in [0.29, 0.717) is 13.0 Å². The highest BCUT2D eigenvalue weighted by Crippen LogP contribution is 2.40. The van der Waals surface area contributed by atoms with Gasteiger partial charge >= 0.3 is 5.97 Å². The van der Waals surface area contributed by atoms with Crippen molar-refractivity contribution in [1.82, 2.24) is 0 Å². The number of ether oxygens (including phenoxy) is 1. The van der Waals surface area contributed by atoms with Crippen molar-refractivity contribution in [2.75, 3.05) is 18.6 Å². The summed E-state index contributed by atoms with van der Waals surface area (Å²) < 4.78 is 4.76. The summed E-state index contributed by atoms with van der Waals surface area (Å²) in [6.07, 6.45) is 3.48. The molecule has 2 aliphatic rings. The third-order valence-electron chi connectivity index (χ3n) is 4.43. The topological polar surface area (TPSA) is 46.6 Å². The molecule has 0 spiro atoms. The third kappa shape index (κ3) is 2.19. The molecule has 1 aromatic carbocycles. The first kappa shape index (κ1) is 13.2. The third-order valence-corrected chi connectivity index (χ3v) is 4.43. The van der Waals surface area contributed by atoms with Gasteiger partial charge in [-0.2, -0.15) is 0 Å². The summed E-state index contributed by atoms with van der Waals surface area (Å²) in [6.45, 7) is 0.601. The van der Waals surface area contributed by atoms with E-state index in [1.807, 2.05) is 29.2 Å². The average molecular weight is 273 g/mol. The minimum absolute atomic E-state index is 0.0580. The number of carbonyl (C=O) groups is 2. The molecular formula is C16H19NO3. The Morgan fingerprint density at radius 1 is 1.30 bits per heavy atom. The van der Waals surface area contributed by atoms with E-state index in [2.05, 4.69) is 0 Å². The largest absolute Gasteiger partial charge is 0.469 e. The first-order chi connectivity index (χ1) is 9.70. The number of benzene rings is 1. The fourth-order valence-corrected chi connectivity index (χ4v) is 3.04. The van der Waals surface area contributed by atoms with Crippen molar-refractivity contribution in [3.63, 3.8) is 0 Å². The van der Waals surface area contributed by atoms with Gasteiger partial charge in [-0.25, -0.2) is 0 Å². The van der Waals surface area contributed by atoms with E-state index in [9.17, 15) is 9.59 Å². The van der Waals surface area contributed by atoms with Crippen molar-refractivity contribution in [2.24, 2.45) is 5.92 Å². The number of fused-ring (bicyclic) bond motifs is 1. The zero-order valence-electron chi connectivity index (χ0n) is 11.7. The van der Waals surface area contributed by atoms with Crippen molar-refractivity contribution >= 4 is 17.6 Å². The predicted octanol–water partition coefficient (Wildman–Crippen LogP) is 2.48. The summed E-state index contributed by atoms with van der Waals surface area (Å²) in [4.78, 5) is 25.9. The Kier molecular flexibility index (Phi) is 3.47. The van der Waals surface area contributed by atoms with Crippen LogP contribution in [0.1, 0.15) is 37.2 Å². The lowest BCUT2D eigenvalue weighted by Crippen LogP contribution is -2.38. The summed E-state index contributed by atoms with van der Waals surface area (Å²) in [6, 6.07) is 7.89. The van der Waals surface area contributed by atoms with Crippen LogP contribution in [0.4, 0.5) is 5.69 Å². The van der Waals surface area contributed by atoms with Gasteiger partial charge in [-0.05, 0) is 24.5 Å². The molecule has 20 heavy (non-hydrogen) atoms. The maximum atomic E-state index is 12.5. The molecule has 0 N–H and O–H groups in total. The van der Waals surface area contributed by atoms with E-state index in [1.54, 1.807) is 0 Å². The molecule has 0 bridgehead atoms. The van der Waals surface area contributed by atoms with E-state index in [0.717, 1.165) is 30.5 Å². The lowest BCUT2D eigenvalue weighted by molar-refractivity contribution is -0.141. The van der Waals surface area contributed by atoms with Gasteiger partial charge in [0.25, 0.3) is 0 Å². The van der Waals surface area contributed by atoms with E-state index in [1.165, 1.54) is 7.11 Å². The van der Waals surface area contributed by atoms with Crippen LogP contribution in [0.15, 0.2) is 24.3 Å². The van der Waals surface area contributed by atoms with E-state index >= 15 is 0 Å². The van der Waals surface area contributed by atoms with Gasteiger partial charge in [0.1, 0.15) is 0 Å². The molecule has 1 aliphatic carbocycles. The summed E-state index contributed by atoms with van der Waals surface area (Å²) in [5.41, 5.74) is 2.06. The molecule has 4 heteroatoms. The Labute approximate surface area is 118 Å². The maximum absolute atomic E-state index is 12.5. The SMILES string of the molecule is COC(=O)CC1CN(C(=O)C2CCC2)c2ccccc21. The second-order valence-corrected chi connectivity index (χ2v) is 5.61. The van der Waals surface area contributed by atoms with Gasteiger partial charge in [-0.15, -0.1) is 0 Å². The molecule has 1 unspecified atom stereocenters. The number of anilines is 1. The van der Waals surface area contributed by atoms with Crippen LogP contribution in [-0.2, 0) is 14.3 Å². The Bertz CT molecular complexity index is 536. The minimum Gasteiger partial charge on any atom is -0.469 e. The van der Waals surface area contributed by atoms with E-state index in [-0.39, 0.29) is 23.7 Å². The zero-order valence-corrected chi connectivity index (χ0v) is 11.7. The van der Waals surface area contributed by atoms with Gasteiger partial charge in [-0.1, -0.05) is 24.6 Å². The molecule has 1 heterocycles. The van der Waals surface area contributed by atoms with E-state index < -0.39 is 0 Å². The van der Waals surface area contributed by atoms with Crippen LogP contribution in [0.5, 0.6) is 0 Å². The quantitative estimate of drug-likeness (QED) is 0.795. The number of hydrogen-bond donors (Lipinski definition) is 0. The molecule has 106 valence electrons. The Balaban J connectivity index is 1.84. The Morgan fingerprint density at radius 2 is 2.05 bits per heavy atom. The van der Waals surface area contributed by atoms with Crippen LogP contribution in [0.2, 0.25) is 0 Å². The van der Waals surface area contributed by atoms with Gasteiger partial charge < -0.3 is 9.64 Å². The number of rotatable bonds is 3. The van der Waals surface area contributed by atoms with Crippen molar-refractivity contribution in [2.45, 2.75) is 31.6 Å². The van der Waals surface area contributed by atoms with Crippen molar-refractivity contribution in [1.29, 1.82) is 0 Å². The van der Waals surface area contributed by atoms with E-state index in [4.69, 9.17) is 4.74 Å². The lowest BCUT2D eigenvalue weighted by Gasteiger charge is -2.29. The average Bonchev–Trinajstić information content (AvgIpc) is 2.76. The number of methoxy groups -OCH3 is 1. The van der Waals surface area contributed by atoms with Gasteiger partial charge in [0.15, 0.2) is 0 Å². The van der Waals surface area contributed by atoms with Crippen LogP contribution in [-0.4, -0.2) is 25.5 Å². The molecule has 1 fully saturated rings. The molecule has 1 amide bonds. The van der Waals surface area contributed by atoms with Gasteiger partial charge in [0.2, 0.25) is 5.91 Å². The van der Waals surface area contributed by atoms with Crippen LogP contribution in [0.3, 0.4) is 0 Å². The molecule has 4 nitrogen and oxygen atoms in total. The normalized spacial score (nSPS) is 21.2. The van der Waals surface area contributed by atoms with Crippen molar-refractivity contribution in [3.05, 3.63) is 29.8 Å². The van der Waals surface area contributed by atoms with Crippen LogP contribution >= 0.6 is 0 Å². The number of para-hydroxylation sites is 1. The highest BCUT2D eigenvalue weighted by atomic mass is 16.5. The van der Waals surface area contributed by atoms with Crippen LogP contribution < -0.4 is 4.90 Å². The van der Waals surface area contributed by atoms with Crippen molar-refractivity contribution < 1.29 is 14.3 Å². The second-order valence-electron chi connectivity index (χ2n) is 5.61. The first-order valence-corrected chi connectivity index (χ1v) is 7.18. The number of hydrogen-bond acceptors (Lipinski definition) is 3. The predicted molar refractivity (Wildman–Crippen MR) is 75.5 cm³/mol. The number of amides is 1. The summed E-state index contributed by atoms with van der Waals surface area (Å²) in [5, 5.41) is 0. The Hall–Kier alpha value is -1.84. The standard InChI is InChI=1S/C16H19NO3/c1-20-15(18)9-12-10-17(16(19)11-5-4-6-11)14-8-3-2-7-13(12)14/h2-3,7-8,11-12H,4-6,9-10H2,1H3. The molecular weight excluding hydrogens is 254 g/mol. The number of nitrogens with zero attached hydrogens (tertiary/aromatic N) is 1. The van der Waals surface area contributed by atoms with Crippen molar-refractivity contribution in [3.8, 4) is 0 Å². The molecule has 1 aliphatic heterocycles. The summed E-state index contributed by atoms with van der Waals surface area (Å²) in [7, 11) is 1.40. The van der Waals surface area contributed by atoms with Gasteiger partial charge in [0.05, 0.1) is 13.5 Å². The van der Waals surface area contributed by atoms with Gasteiger partial charge in [-0.3, -0.25) is 9.59 Å². The van der Waals surface area contributed by atoms with Crippen LogP contribution in [0, 0.1) is 5.92 Å². The highest BCUT2D eigenvalue weighted by Gasteiger charge is 2.37. The molecule has 0 radical (unpaired) electrons. The first-order valence-electron chi connectivity index (χ1n) is 7.18. The number of esters is 1. The van der Waals surface area contributed by atoms with Crippen LogP contribution in [0.25, 0.3) is 0 Å². The molecule has 1 atom stereocenters. The summed E-state index contributed by atoms with van der Waals surface area (Å²) in [5.74, 6) is 0.237. The fraction of sp³-hybridized carbons (Fsp3) is 0.500. The maximum Gasteiger partial charge on any atom is 0.306 e. The fourth-order valence-electron chi connectivity index (χ4n) is 3.04. The second kappa shape index (κ2) is 5.27. The smallest absolute Gasteiger partial charge is 0.306 e. The molecule has 3 rings (SSSR count). The minimum atomic E-state index is -0.220. The molecule has 0 saturated heterocycles. The van der Waals surface area contributed by atoms with Gasteiger partial charge in [0, 0.05) is 24.1 Å². The molecule has 1 saturated carbocycles. The monoisotopic (exact) mass is 273 g/mol. The Morgan fingerprint density at radius 3 is 2.70 bits per heavy atom. The molecule has 0 aromatic heterocycles. The molecule has 1 aromatic rings. The number of carbonyl (C=O) groups excluding carboxylic acids is 2. The summed E-state index contributed by atoms with van der Waals surface area (Å²) >= 11 is 0.